The Labute approximate surface area is 258 Å². The van der Waals surface area contributed by atoms with E-state index < -0.39 is 0 Å². The van der Waals surface area contributed by atoms with Crippen molar-refractivity contribution in [3.63, 3.8) is 0 Å². The minimum atomic E-state index is -0.376. The average molecular weight is 571 g/mol. The molecule has 0 fully saturated rings. The summed E-state index contributed by atoms with van der Waals surface area (Å²) in [5, 5.41) is 0. The number of benzene rings is 1. The van der Waals surface area contributed by atoms with E-state index in [0.717, 1.165) is 44.7 Å². The molecule has 0 unspecified atom stereocenters. The molecular weight excluding hydrogens is 500 g/mol. The largest absolute Gasteiger partial charge is 0.493 e. The number of hydrogen-bond donors (Lipinski definition) is 0. The first-order chi connectivity index (χ1) is 19.7. The second kappa shape index (κ2) is 27.1. The standard InChI is InChI=1S/C34H56O2.C3H8.C2H6/c1-9-12-14-16-20-27-36-34(7,8)32-25-18-17-24-31(32)33(35-26-19-15-13-10-2)30(11-3)23-21-22-29(6)28(4)5;1-3-2;1-2/h17-18,21-22,24-25,28H,6,9-16,19-20,23,26-27H2,1-5,7-8H3;3H2,1-2H3;1-2H3/b22-21-,33-30-;;. The highest BCUT2D eigenvalue weighted by atomic mass is 16.5. The molecule has 1 rings (SSSR count). The van der Waals surface area contributed by atoms with Gasteiger partial charge in [0.1, 0.15) is 5.76 Å². The van der Waals surface area contributed by atoms with Gasteiger partial charge in [-0.1, -0.05) is 162 Å². The molecule has 0 heterocycles. The van der Waals surface area contributed by atoms with Crippen LogP contribution >= 0.6 is 0 Å². The van der Waals surface area contributed by atoms with E-state index in [4.69, 9.17) is 9.47 Å². The highest BCUT2D eigenvalue weighted by molar-refractivity contribution is 5.67. The molecule has 0 aromatic heterocycles. The van der Waals surface area contributed by atoms with Gasteiger partial charge in [-0.2, -0.15) is 0 Å². The van der Waals surface area contributed by atoms with Crippen molar-refractivity contribution in [2.75, 3.05) is 13.2 Å². The van der Waals surface area contributed by atoms with E-state index in [9.17, 15) is 0 Å². The molecule has 0 bridgehead atoms. The second-order valence-corrected chi connectivity index (χ2v) is 11.6. The summed E-state index contributed by atoms with van der Waals surface area (Å²) in [5.74, 6) is 1.51. The predicted molar refractivity (Wildman–Crippen MR) is 187 cm³/mol. The van der Waals surface area contributed by atoms with Crippen LogP contribution in [0.5, 0.6) is 0 Å². The van der Waals surface area contributed by atoms with Gasteiger partial charge in [0.2, 0.25) is 0 Å². The van der Waals surface area contributed by atoms with Crippen LogP contribution in [-0.4, -0.2) is 13.2 Å². The minimum absolute atomic E-state index is 0.376. The van der Waals surface area contributed by atoms with Gasteiger partial charge in [-0.25, -0.2) is 0 Å². The molecule has 2 nitrogen and oxygen atoms in total. The lowest BCUT2D eigenvalue weighted by Crippen LogP contribution is -2.24. The number of rotatable bonds is 20. The van der Waals surface area contributed by atoms with Crippen LogP contribution in [0.2, 0.25) is 0 Å². The lowest BCUT2D eigenvalue weighted by molar-refractivity contribution is -0.0238. The third-order valence-corrected chi connectivity index (χ3v) is 6.96. The van der Waals surface area contributed by atoms with Crippen LogP contribution in [0.15, 0.2) is 54.1 Å². The normalized spacial score (nSPS) is 11.9. The summed E-state index contributed by atoms with van der Waals surface area (Å²) < 4.78 is 13.1. The molecule has 238 valence electrons. The summed E-state index contributed by atoms with van der Waals surface area (Å²) in [6.07, 6.45) is 18.6. The Morgan fingerprint density at radius 3 is 1.93 bits per heavy atom. The summed E-state index contributed by atoms with van der Waals surface area (Å²) in [7, 11) is 0. The maximum atomic E-state index is 6.61. The third-order valence-electron chi connectivity index (χ3n) is 6.96. The van der Waals surface area contributed by atoms with Crippen LogP contribution in [0.25, 0.3) is 5.76 Å². The molecule has 0 spiro atoms. The molecule has 1 aromatic rings. The molecular formula is C39H70O2. The Hall–Kier alpha value is -1.80. The zero-order valence-electron chi connectivity index (χ0n) is 29.5. The molecule has 0 aliphatic carbocycles. The molecule has 2 heteroatoms. The van der Waals surface area contributed by atoms with Crippen molar-refractivity contribution >= 4 is 5.76 Å². The van der Waals surface area contributed by atoms with Gasteiger partial charge >= 0.3 is 0 Å². The lowest BCUT2D eigenvalue weighted by atomic mass is 9.89. The number of hydrogen-bond acceptors (Lipinski definition) is 2. The smallest absolute Gasteiger partial charge is 0.126 e. The Morgan fingerprint density at radius 2 is 1.37 bits per heavy atom. The van der Waals surface area contributed by atoms with E-state index in [0.29, 0.717) is 5.92 Å². The predicted octanol–water partition coefficient (Wildman–Crippen LogP) is 13.2. The van der Waals surface area contributed by atoms with Crippen molar-refractivity contribution in [2.45, 2.75) is 159 Å². The van der Waals surface area contributed by atoms with Gasteiger partial charge in [0, 0.05) is 12.2 Å². The fraction of sp³-hybridized carbons (Fsp3) is 0.692. The molecule has 1 aromatic carbocycles. The molecule has 41 heavy (non-hydrogen) atoms. The molecule has 0 aliphatic heterocycles. The highest BCUT2D eigenvalue weighted by Gasteiger charge is 2.26. The van der Waals surface area contributed by atoms with Crippen LogP contribution in [0.4, 0.5) is 0 Å². The quantitative estimate of drug-likeness (QED) is 0.0881. The van der Waals surface area contributed by atoms with Crippen molar-refractivity contribution < 1.29 is 9.47 Å². The van der Waals surface area contributed by atoms with Crippen molar-refractivity contribution in [2.24, 2.45) is 5.92 Å². The molecule has 0 aliphatic rings. The Balaban J connectivity index is 0. The highest BCUT2D eigenvalue weighted by Crippen LogP contribution is 2.35. The van der Waals surface area contributed by atoms with E-state index in [-0.39, 0.29) is 5.60 Å². The maximum Gasteiger partial charge on any atom is 0.126 e. The summed E-state index contributed by atoms with van der Waals surface area (Å²) >= 11 is 0. The number of unbranched alkanes of at least 4 members (excludes halogenated alkanes) is 7. The van der Waals surface area contributed by atoms with Crippen molar-refractivity contribution in [3.8, 4) is 0 Å². The first-order valence-corrected chi connectivity index (χ1v) is 17.1. The van der Waals surface area contributed by atoms with Crippen LogP contribution < -0.4 is 0 Å². The Kier molecular flexibility index (Phi) is 27.3. The van der Waals surface area contributed by atoms with Crippen LogP contribution in [0, 0.1) is 5.92 Å². The first-order valence-electron chi connectivity index (χ1n) is 17.1. The molecule has 0 amide bonds. The van der Waals surface area contributed by atoms with Crippen LogP contribution in [0.1, 0.15) is 164 Å². The van der Waals surface area contributed by atoms with E-state index in [1.165, 1.54) is 73.6 Å². The second-order valence-electron chi connectivity index (χ2n) is 11.6. The number of ether oxygens (including phenoxy) is 2. The summed E-state index contributed by atoms with van der Waals surface area (Å²) in [5.41, 5.74) is 4.52. The van der Waals surface area contributed by atoms with E-state index >= 15 is 0 Å². The van der Waals surface area contributed by atoms with Crippen LogP contribution in [0.3, 0.4) is 0 Å². The maximum absolute atomic E-state index is 6.61. The van der Waals surface area contributed by atoms with Crippen molar-refractivity contribution in [1.29, 1.82) is 0 Å². The first kappa shape index (κ1) is 41.3. The van der Waals surface area contributed by atoms with Gasteiger partial charge in [0.15, 0.2) is 0 Å². The van der Waals surface area contributed by atoms with Gasteiger partial charge in [-0.3, -0.25) is 0 Å². The molecule has 0 saturated heterocycles. The van der Waals surface area contributed by atoms with E-state index in [2.05, 4.69) is 105 Å². The fourth-order valence-corrected chi connectivity index (χ4v) is 4.33. The topological polar surface area (TPSA) is 18.5 Å². The molecule has 0 saturated carbocycles. The lowest BCUT2D eigenvalue weighted by Gasteiger charge is -2.30. The molecule has 0 atom stereocenters. The monoisotopic (exact) mass is 571 g/mol. The molecule has 0 radical (unpaired) electrons. The van der Waals surface area contributed by atoms with Gasteiger partial charge in [0.25, 0.3) is 0 Å². The third kappa shape index (κ3) is 19.1. The average Bonchev–Trinajstić information content (AvgIpc) is 2.96. The van der Waals surface area contributed by atoms with E-state index in [1.807, 2.05) is 13.8 Å². The number of allylic oxidation sites excluding steroid dienone is 4. The van der Waals surface area contributed by atoms with Gasteiger partial charge in [-0.15, -0.1) is 0 Å². The fourth-order valence-electron chi connectivity index (χ4n) is 4.33. The van der Waals surface area contributed by atoms with E-state index in [1.54, 1.807) is 0 Å². The SMILES string of the molecule is C=C(/C=C\C/C(CC)=C(\OCCCCCC)c1ccccc1C(C)(C)OCCCCCCC)C(C)C.CC.CCC. The summed E-state index contributed by atoms with van der Waals surface area (Å²) in [4.78, 5) is 0. The van der Waals surface area contributed by atoms with Gasteiger partial charge in [-0.05, 0) is 56.6 Å². The summed E-state index contributed by atoms with van der Waals surface area (Å²) in [6.45, 7) is 29.5. The van der Waals surface area contributed by atoms with Gasteiger partial charge in [0.05, 0.1) is 12.2 Å². The Morgan fingerprint density at radius 1 is 0.829 bits per heavy atom. The molecule has 0 N–H and O–H groups in total. The van der Waals surface area contributed by atoms with Crippen LogP contribution in [-0.2, 0) is 15.1 Å². The van der Waals surface area contributed by atoms with Crippen molar-refractivity contribution in [3.05, 3.63) is 65.3 Å². The summed E-state index contributed by atoms with van der Waals surface area (Å²) in [6, 6.07) is 8.69. The Bertz CT molecular complexity index is 813. The minimum Gasteiger partial charge on any atom is -0.493 e. The zero-order valence-corrected chi connectivity index (χ0v) is 29.5. The van der Waals surface area contributed by atoms with Crippen molar-refractivity contribution in [1.82, 2.24) is 0 Å². The zero-order chi connectivity index (χ0) is 31.5. The van der Waals surface area contributed by atoms with Gasteiger partial charge < -0.3 is 9.47 Å².